The van der Waals surface area contributed by atoms with Crippen molar-refractivity contribution in [3.05, 3.63) is 0 Å². The van der Waals surface area contributed by atoms with Crippen molar-refractivity contribution < 1.29 is 9.53 Å². The van der Waals surface area contributed by atoms with Gasteiger partial charge in [-0.25, -0.2) is 0 Å². The molecule has 1 unspecified atom stereocenters. The smallest absolute Gasteiger partial charge is 0.235 e. The third kappa shape index (κ3) is 3.98. The van der Waals surface area contributed by atoms with E-state index in [1.54, 1.807) is 0 Å². The molecular weight excluding hydrogens is 222 g/mol. The Bertz CT molecular complexity index is 227. The molecule has 0 saturated carbocycles. The van der Waals surface area contributed by atoms with E-state index in [9.17, 15) is 4.79 Å². The van der Waals surface area contributed by atoms with Gasteiger partial charge in [-0.1, -0.05) is 13.8 Å². The third-order valence-corrected chi connectivity index (χ3v) is 3.95. The second-order valence-electron chi connectivity index (χ2n) is 4.96. The lowest BCUT2D eigenvalue weighted by molar-refractivity contribution is -0.131. The monoisotopic (exact) mass is 245 g/mol. The van der Waals surface area contributed by atoms with E-state index in [0.717, 1.165) is 32.6 Å². The Morgan fingerprint density at radius 3 is 2.50 bits per heavy atom. The number of carbonyl (C=O) groups is 1. The number of hydrogen-bond acceptors (Lipinski definition) is 3. The van der Waals surface area contributed by atoms with Crippen molar-refractivity contribution in [1.82, 2.24) is 4.90 Å². The van der Waals surface area contributed by atoms with Crippen molar-refractivity contribution in [2.75, 3.05) is 26.8 Å². The van der Waals surface area contributed by atoms with Crippen LogP contribution in [0.4, 0.5) is 0 Å². The van der Waals surface area contributed by atoms with Crippen molar-refractivity contribution in [1.29, 1.82) is 0 Å². The number of amides is 1. The van der Waals surface area contributed by atoms with Crippen molar-refractivity contribution in [2.45, 2.75) is 31.9 Å². The minimum Gasteiger partial charge on any atom is -0.381 e. The molecule has 1 atom stereocenters. The summed E-state index contributed by atoms with van der Waals surface area (Å²) in [4.78, 5) is 13.8. The number of thiol groups is 1. The van der Waals surface area contributed by atoms with Gasteiger partial charge in [0.15, 0.2) is 0 Å². The summed E-state index contributed by atoms with van der Waals surface area (Å²) in [6.45, 7) is 6.56. The normalized spacial score (nSPS) is 19.8. The fraction of sp³-hybridized carbons (Fsp3) is 0.917. The van der Waals surface area contributed by atoms with Crippen molar-refractivity contribution in [2.24, 2.45) is 11.8 Å². The quantitative estimate of drug-likeness (QED) is 0.766. The van der Waals surface area contributed by atoms with Crippen LogP contribution < -0.4 is 0 Å². The second-order valence-corrected chi connectivity index (χ2v) is 5.52. The van der Waals surface area contributed by atoms with Gasteiger partial charge in [-0.2, -0.15) is 12.6 Å². The first-order valence-electron chi connectivity index (χ1n) is 6.03. The summed E-state index contributed by atoms with van der Waals surface area (Å²) >= 11 is 4.36. The van der Waals surface area contributed by atoms with Gasteiger partial charge in [-0.05, 0) is 24.7 Å². The molecule has 0 aromatic carbocycles. The zero-order valence-corrected chi connectivity index (χ0v) is 11.4. The van der Waals surface area contributed by atoms with Crippen LogP contribution in [0.15, 0.2) is 0 Å². The number of hydrogen-bond donors (Lipinski definition) is 1. The Kier molecular flexibility index (Phi) is 5.62. The summed E-state index contributed by atoms with van der Waals surface area (Å²) < 4.78 is 5.31. The Morgan fingerprint density at radius 2 is 2.00 bits per heavy atom. The standard InChI is InChI=1S/C12H23NO2S/c1-9(2)11(16)12(14)13(3)8-10-4-6-15-7-5-10/h9-11,16H,4-8H2,1-3H3. The molecule has 16 heavy (non-hydrogen) atoms. The van der Waals surface area contributed by atoms with Crippen molar-refractivity contribution >= 4 is 18.5 Å². The average molecular weight is 245 g/mol. The maximum atomic E-state index is 12.0. The lowest BCUT2D eigenvalue weighted by Crippen LogP contribution is -2.40. The van der Waals surface area contributed by atoms with Crippen LogP contribution in [0.25, 0.3) is 0 Å². The predicted molar refractivity (Wildman–Crippen MR) is 68.8 cm³/mol. The molecule has 0 aliphatic carbocycles. The molecule has 1 saturated heterocycles. The lowest BCUT2D eigenvalue weighted by atomic mass is 9.99. The molecule has 4 heteroatoms. The first-order valence-corrected chi connectivity index (χ1v) is 6.54. The average Bonchev–Trinajstić information content (AvgIpc) is 2.28. The number of rotatable bonds is 4. The first kappa shape index (κ1) is 13.8. The minimum absolute atomic E-state index is 0.143. The Hall–Kier alpha value is -0.220. The number of ether oxygens (including phenoxy) is 1. The van der Waals surface area contributed by atoms with E-state index < -0.39 is 0 Å². The Labute approximate surface area is 104 Å². The molecule has 0 aromatic rings. The molecule has 1 rings (SSSR count). The van der Waals surface area contributed by atoms with Gasteiger partial charge in [0.25, 0.3) is 0 Å². The lowest BCUT2D eigenvalue weighted by Gasteiger charge is -2.29. The topological polar surface area (TPSA) is 29.5 Å². The van der Waals surface area contributed by atoms with Crippen LogP contribution in [0.2, 0.25) is 0 Å². The van der Waals surface area contributed by atoms with Gasteiger partial charge in [0, 0.05) is 26.8 Å². The van der Waals surface area contributed by atoms with Gasteiger partial charge in [-0.3, -0.25) is 4.79 Å². The van der Waals surface area contributed by atoms with Crippen molar-refractivity contribution in [3.8, 4) is 0 Å². The second kappa shape index (κ2) is 6.50. The summed E-state index contributed by atoms with van der Waals surface area (Å²) in [6, 6.07) is 0. The molecule has 0 radical (unpaired) electrons. The zero-order valence-electron chi connectivity index (χ0n) is 10.5. The van der Waals surface area contributed by atoms with Crippen LogP contribution in [-0.4, -0.2) is 42.9 Å². The summed E-state index contributed by atoms with van der Waals surface area (Å²) in [5.74, 6) is 1.02. The highest BCUT2D eigenvalue weighted by Crippen LogP contribution is 2.18. The molecule has 1 heterocycles. The van der Waals surface area contributed by atoms with Gasteiger partial charge >= 0.3 is 0 Å². The maximum absolute atomic E-state index is 12.0. The molecule has 0 bridgehead atoms. The molecule has 1 fully saturated rings. The van der Waals surface area contributed by atoms with Crippen LogP contribution in [-0.2, 0) is 9.53 Å². The van der Waals surface area contributed by atoms with Gasteiger partial charge in [0.2, 0.25) is 5.91 Å². The molecular formula is C12H23NO2S. The number of carbonyl (C=O) groups excluding carboxylic acids is 1. The molecule has 0 N–H and O–H groups in total. The maximum Gasteiger partial charge on any atom is 0.235 e. The van der Waals surface area contributed by atoms with E-state index in [2.05, 4.69) is 12.6 Å². The summed E-state index contributed by atoms with van der Waals surface area (Å²) in [6.07, 6.45) is 2.13. The van der Waals surface area contributed by atoms with Gasteiger partial charge in [-0.15, -0.1) is 0 Å². The van der Waals surface area contributed by atoms with Crippen molar-refractivity contribution in [3.63, 3.8) is 0 Å². The Morgan fingerprint density at radius 1 is 1.44 bits per heavy atom. The first-order chi connectivity index (χ1) is 7.52. The largest absolute Gasteiger partial charge is 0.381 e. The van der Waals surface area contributed by atoms with E-state index in [0.29, 0.717) is 5.92 Å². The highest BCUT2D eigenvalue weighted by atomic mass is 32.1. The summed E-state index contributed by atoms with van der Waals surface area (Å²) in [7, 11) is 1.88. The van der Waals surface area contributed by atoms with Gasteiger partial charge in [0.1, 0.15) is 0 Å². The highest BCUT2D eigenvalue weighted by Gasteiger charge is 2.24. The molecule has 1 amide bonds. The molecule has 3 nitrogen and oxygen atoms in total. The van der Waals surface area contributed by atoms with E-state index >= 15 is 0 Å². The van der Waals surface area contributed by atoms with Crippen LogP contribution in [0.5, 0.6) is 0 Å². The molecule has 1 aliphatic rings. The summed E-state index contributed by atoms with van der Waals surface area (Å²) in [5.41, 5.74) is 0. The summed E-state index contributed by atoms with van der Waals surface area (Å²) in [5, 5.41) is -0.176. The van der Waals surface area contributed by atoms with Crippen LogP contribution in [0.3, 0.4) is 0 Å². The van der Waals surface area contributed by atoms with Crippen LogP contribution in [0, 0.1) is 11.8 Å². The minimum atomic E-state index is -0.176. The van der Waals surface area contributed by atoms with E-state index in [1.165, 1.54) is 0 Å². The van der Waals surface area contributed by atoms with Crippen LogP contribution in [0.1, 0.15) is 26.7 Å². The van der Waals surface area contributed by atoms with E-state index in [-0.39, 0.29) is 17.1 Å². The van der Waals surface area contributed by atoms with Gasteiger partial charge in [0.05, 0.1) is 5.25 Å². The fourth-order valence-electron chi connectivity index (χ4n) is 1.92. The molecule has 0 spiro atoms. The zero-order chi connectivity index (χ0) is 12.1. The van der Waals surface area contributed by atoms with E-state index in [1.807, 2.05) is 25.8 Å². The van der Waals surface area contributed by atoms with Gasteiger partial charge < -0.3 is 9.64 Å². The molecule has 94 valence electrons. The molecule has 0 aromatic heterocycles. The fourth-order valence-corrected chi connectivity index (χ4v) is 2.11. The SMILES string of the molecule is CC(C)C(S)C(=O)N(C)CC1CCOCC1. The molecule has 1 aliphatic heterocycles. The Balaban J connectivity index is 2.38. The highest BCUT2D eigenvalue weighted by molar-refractivity contribution is 7.81. The number of nitrogens with zero attached hydrogens (tertiary/aromatic N) is 1. The predicted octanol–water partition coefficient (Wildman–Crippen LogP) is 1.83. The van der Waals surface area contributed by atoms with E-state index in [4.69, 9.17) is 4.74 Å². The van der Waals surface area contributed by atoms with Crippen LogP contribution >= 0.6 is 12.6 Å². The third-order valence-electron chi connectivity index (χ3n) is 3.13.